The lowest BCUT2D eigenvalue weighted by Gasteiger charge is -2.27. The van der Waals surface area contributed by atoms with E-state index >= 15 is 0 Å². The van der Waals surface area contributed by atoms with Crippen LogP contribution >= 0.6 is 0 Å². The van der Waals surface area contributed by atoms with Crippen LogP contribution in [0.25, 0.3) is 0 Å². The molecule has 0 heterocycles. The van der Waals surface area contributed by atoms with Gasteiger partial charge in [-0.3, -0.25) is 0 Å². The number of rotatable bonds is 0. The molecule has 2 rings (SSSR count). The molecule has 0 bridgehead atoms. The third kappa shape index (κ3) is 1.14. The van der Waals surface area contributed by atoms with E-state index in [0.29, 0.717) is 5.92 Å². The lowest BCUT2D eigenvalue weighted by atomic mass is 9.83. The first kappa shape index (κ1) is 7.81. The molecule has 1 aromatic rings. The van der Waals surface area contributed by atoms with Crippen LogP contribution in [0.1, 0.15) is 30.6 Å². The summed E-state index contributed by atoms with van der Waals surface area (Å²) in [5, 5.41) is 9.83. The van der Waals surface area contributed by atoms with Crippen molar-refractivity contribution in [2.75, 3.05) is 0 Å². The lowest BCUT2D eigenvalue weighted by molar-refractivity contribution is 0.104. The smallest absolute Gasteiger partial charge is 0.0818 e. The van der Waals surface area contributed by atoms with E-state index in [-0.39, 0.29) is 6.10 Å². The number of hydrogen-bond donors (Lipinski definition) is 1. The molecule has 0 amide bonds. The van der Waals surface area contributed by atoms with Crippen molar-refractivity contribution in [1.29, 1.82) is 0 Å². The fourth-order valence-electron chi connectivity index (χ4n) is 1.90. The number of aryl methyl sites for hydroxylation is 1. The largest absolute Gasteiger partial charge is 0.388 e. The van der Waals surface area contributed by atoms with Gasteiger partial charge in [0.25, 0.3) is 0 Å². The molecule has 0 saturated carbocycles. The van der Waals surface area contributed by atoms with Gasteiger partial charge in [-0.15, -0.1) is 0 Å². The highest BCUT2D eigenvalue weighted by Crippen LogP contribution is 2.33. The maximum absolute atomic E-state index is 9.83. The third-order valence-electron chi connectivity index (χ3n) is 2.78. The molecule has 0 radical (unpaired) electrons. The highest BCUT2D eigenvalue weighted by Gasteiger charge is 2.23. The summed E-state index contributed by atoms with van der Waals surface area (Å²) in [4.78, 5) is 0. The summed E-state index contributed by atoms with van der Waals surface area (Å²) in [5.41, 5.74) is 2.46. The number of aliphatic hydroxyl groups excluding tert-OH is 1. The van der Waals surface area contributed by atoms with Crippen molar-refractivity contribution in [3.8, 4) is 0 Å². The zero-order valence-corrected chi connectivity index (χ0v) is 7.33. The normalized spacial score (nSPS) is 28.2. The van der Waals surface area contributed by atoms with Crippen molar-refractivity contribution in [2.24, 2.45) is 5.92 Å². The van der Waals surface area contributed by atoms with E-state index in [1.54, 1.807) is 0 Å². The fraction of sp³-hybridized carbons (Fsp3) is 0.455. The van der Waals surface area contributed by atoms with E-state index in [0.717, 1.165) is 18.4 Å². The lowest BCUT2D eigenvalue weighted by Crippen LogP contribution is -2.17. The Hall–Kier alpha value is -0.820. The fourth-order valence-corrected chi connectivity index (χ4v) is 1.90. The number of hydrogen-bond acceptors (Lipinski definition) is 1. The molecule has 64 valence electrons. The Morgan fingerprint density at radius 3 is 2.92 bits per heavy atom. The maximum Gasteiger partial charge on any atom is 0.0818 e. The number of benzene rings is 1. The van der Waals surface area contributed by atoms with Crippen LogP contribution in [0.4, 0.5) is 0 Å². The first-order chi connectivity index (χ1) is 5.79. The van der Waals surface area contributed by atoms with Gasteiger partial charge in [-0.1, -0.05) is 31.2 Å². The minimum atomic E-state index is -0.241. The van der Waals surface area contributed by atoms with Crippen molar-refractivity contribution >= 4 is 0 Å². The zero-order valence-electron chi connectivity index (χ0n) is 7.33. The molecule has 0 aliphatic heterocycles. The molecule has 1 aliphatic rings. The number of fused-ring (bicyclic) bond motifs is 1. The van der Waals surface area contributed by atoms with E-state index in [2.05, 4.69) is 13.0 Å². The van der Waals surface area contributed by atoms with Gasteiger partial charge < -0.3 is 5.11 Å². The summed E-state index contributed by atoms with van der Waals surface area (Å²) in [7, 11) is 0. The molecule has 0 fully saturated rings. The predicted octanol–water partition coefficient (Wildman–Crippen LogP) is 2.30. The first-order valence-corrected chi connectivity index (χ1v) is 4.55. The van der Waals surface area contributed by atoms with Crippen LogP contribution in [0.2, 0.25) is 0 Å². The monoisotopic (exact) mass is 162 g/mol. The summed E-state index contributed by atoms with van der Waals surface area (Å²) < 4.78 is 0. The Bertz CT molecular complexity index is 280. The van der Waals surface area contributed by atoms with E-state index in [4.69, 9.17) is 0 Å². The molecule has 1 aliphatic carbocycles. The topological polar surface area (TPSA) is 20.2 Å². The zero-order chi connectivity index (χ0) is 8.55. The summed E-state index contributed by atoms with van der Waals surface area (Å²) in [5.74, 6) is 0.417. The quantitative estimate of drug-likeness (QED) is 0.620. The molecule has 1 nitrogen and oxygen atoms in total. The Balaban J connectivity index is 2.42. The van der Waals surface area contributed by atoms with Gasteiger partial charge in [0.1, 0.15) is 0 Å². The summed E-state index contributed by atoms with van der Waals surface area (Å²) in [6, 6.07) is 8.20. The highest BCUT2D eigenvalue weighted by molar-refractivity contribution is 5.31. The standard InChI is InChI=1S/C11H14O/c1-8-6-7-9-4-2-3-5-10(9)11(8)12/h2-5,8,11-12H,6-7H2,1H3/t8-,11?/m1/s1. The van der Waals surface area contributed by atoms with E-state index in [9.17, 15) is 5.11 Å². The van der Waals surface area contributed by atoms with Gasteiger partial charge in [-0.2, -0.15) is 0 Å². The molecule has 0 saturated heterocycles. The molecule has 0 aromatic heterocycles. The molecule has 1 N–H and O–H groups in total. The van der Waals surface area contributed by atoms with Crippen LogP contribution in [0, 0.1) is 5.92 Å². The Morgan fingerprint density at radius 2 is 2.08 bits per heavy atom. The van der Waals surface area contributed by atoms with Crippen molar-refractivity contribution in [3.05, 3.63) is 35.4 Å². The molecule has 1 unspecified atom stereocenters. The minimum absolute atomic E-state index is 0.241. The summed E-state index contributed by atoms with van der Waals surface area (Å²) in [6.45, 7) is 2.11. The SMILES string of the molecule is C[C@@H]1CCc2ccccc2C1O. The van der Waals surface area contributed by atoms with Crippen molar-refractivity contribution < 1.29 is 5.11 Å². The van der Waals surface area contributed by atoms with Crippen LogP contribution in [0.5, 0.6) is 0 Å². The average Bonchev–Trinajstić information content (AvgIpc) is 2.12. The van der Waals surface area contributed by atoms with Crippen LogP contribution in [0.15, 0.2) is 24.3 Å². The minimum Gasteiger partial charge on any atom is -0.388 e. The molecular weight excluding hydrogens is 148 g/mol. The maximum atomic E-state index is 9.83. The van der Waals surface area contributed by atoms with Gasteiger partial charge in [0.2, 0.25) is 0 Å². The van der Waals surface area contributed by atoms with Crippen LogP contribution < -0.4 is 0 Å². The van der Waals surface area contributed by atoms with Crippen LogP contribution in [0.3, 0.4) is 0 Å². The second kappa shape index (κ2) is 2.91. The molecule has 2 atom stereocenters. The second-order valence-corrected chi connectivity index (χ2v) is 3.66. The van der Waals surface area contributed by atoms with Crippen LogP contribution in [-0.4, -0.2) is 5.11 Å². The summed E-state index contributed by atoms with van der Waals surface area (Å²) >= 11 is 0. The van der Waals surface area contributed by atoms with Gasteiger partial charge in [0, 0.05) is 0 Å². The predicted molar refractivity (Wildman–Crippen MR) is 48.9 cm³/mol. The van der Waals surface area contributed by atoms with Gasteiger partial charge in [-0.25, -0.2) is 0 Å². The first-order valence-electron chi connectivity index (χ1n) is 4.55. The van der Waals surface area contributed by atoms with Gasteiger partial charge in [0.05, 0.1) is 6.10 Å². The number of aliphatic hydroxyl groups is 1. The van der Waals surface area contributed by atoms with Gasteiger partial charge in [0.15, 0.2) is 0 Å². The van der Waals surface area contributed by atoms with Crippen LogP contribution in [-0.2, 0) is 6.42 Å². The van der Waals surface area contributed by atoms with Gasteiger partial charge >= 0.3 is 0 Å². The average molecular weight is 162 g/mol. The van der Waals surface area contributed by atoms with Gasteiger partial charge in [-0.05, 0) is 29.9 Å². The van der Waals surface area contributed by atoms with Crippen molar-refractivity contribution in [1.82, 2.24) is 0 Å². The van der Waals surface area contributed by atoms with E-state index < -0.39 is 0 Å². The summed E-state index contributed by atoms with van der Waals surface area (Å²) in [6.07, 6.45) is 1.99. The Kier molecular flexibility index (Phi) is 1.89. The molecular formula is C11H14O. The second-order valence-electron chi connectivity index (χ2n) is 3.66. The van der Waals surface area contributed by atoms with E-state index in [1.165, 1.54) is 5.56 Å². The Morgan fingerprint density at radius 1 is 1.33 bits per heavy atom. The van der Waals surface area contributed by atoms with Crippen molar-refractivity contribution in [3.63, 3.8) is 0 Å². The third-order valence-corrected chi connectivity index (χ3v) is 2.78. The molecule has 0 spiro atoms. The molecule has 1 aromatic carbocycles. The Labute approximate surface area is 73.0 Å². The molecule has 12 heavy (non-hydrogen) atoms. The van der Waals surface area contributed by atoms with E-state index in [1.807, 2.05) is 18.2 Å². The molecule has 1 heteroatoms. The highest BCUT2D eigenvalue weighted by atomic mass is 16.3. The van der Waals surface area contributed by atoms with Crippen molar-refractivity contribution in [2.45, 2.75) is 25.9 Å².